The fourth-order valence-electron chi connectivity index (χ4n) is 2.21. The second-order valence-corrected chi connectivity index (χ2v) is 4.68. The van der Waals surface area contributed by atoms with Gasteiger partial charge in [-0.05, 0) is 44.5 Å². The number of primary amides is 1. The third-order valence-electron chi connectivity index (χ3n) is 3.13. The smallest absolute Gasteiger partial charge is 0.268 e. The van der Waals surface area contributed by atoms with Crippen molar-refractivity contribution in [3.05, 3.63) is 63.1 Å². The van der Waals surface area contributed by atoms with Crippen LogP contribution in [0.25, 0.3) is 5.69 Å². The molecule has 0 fully saturated rings. The minimum Gasteiger partial charge on any atom is -0.365 e. The van der Waals surface area contributed by atoms with Crippen molar-refractivity contribution >= 4 is 5.91 Å². The van der Waals surface area contributed by atoms with Crippen molar-refractivity contribution in [2.24, 2.45) is 5.73 Å². The van der Waals surface area contributed by atoms with Gasteiger partial charge in [-0.2, -0.15) is 0 Å². The molecular weight excluding hydrogens is 240 g/mol. The van der Waals surface area contributed by atoms with E-state index in [9.17, 15) is 9.59 Å². The van der Waals surface area contributed by atoms with Crippen LogP contribution in [-0.4, -0.2) is 10.5 Å². The van der Waals surface area contributed by atoms with Crippen molar-refractivity contribution < 1.29 is 4.79 Å². The summed E-state index contributed by atoms with van der Waals surface area (Å²) < 4.78 is 1.51. The van der Waals surface area contributed by atoms with Gasteiger partial charge in [-0.1, -0.05) is 17.7 Å². The van der Waals surface area contributed by atoms with Gasteiger partial charge in [0.25, 0.3) is 11.5 Å². The number of hydrogen-bond acceptors (Lipinski definition) is 2. The van der Waals surface area contributed by atoms with Crippen molar-refractivity contribution in [1.82, 2.24) is 4.57 Å². The van der Waals surface area contributed by atoms with Crippen molar-refractivity contribution in [3.8, 4) is 5.69 Å². The standard InChI is InChI=1S/C15H16N2O2/c1-9-4-6-12(7-5-9)17-11(3)8-10(2)13(14(16)18)15(17)19/h4-8H,1-3H3,(H2,16,18). The molecule has 1 heterocycles. The summed E-state index contributed by atoms with van der Waals surface area (Å²) in [5.41, 5.74) is 8.19. The molecule has 19 heavy (non-hydrogen) atoms. The number of benzene rings is 1. The molecule has 0 spiro atoms. The van der Waals surface area contributed by atoms with Gasteiger partial charge < -0.3 is 5.73 Å². The predicted molar refractivity (Wildman–Crippen MR) is 74.8 cm³/mol. The van der Waals surface area contributed by atoms with E-state index in [0.717, 1.165) is 16.9 Å². The van der Waals surface area contributed by atoms with Crippen LogP contribution in [0.2, 0.25) is 0 Å². The Morgan fingerprint density at radius 1 is 1.11 bits per heavy atom. The Morgan fingerprint density at radius 3 is 2.21 bits per heavy atom. The van der Waals surface area contributed by atoms with E-state index in [2.05, 4.69) is 0 Å². The predicted octanol–water partition coefficient (Wildman–Crippen LogP) is 1.86. The molecule has 0 aliphatic rings. The van der Waals surface area contributed by atoms with E-state index in [-0.39, 0.29) is 11.1 Å². The Bertz CT molecular complexity index is 697. The van der Waals surface area contributed by atoms with Gasteiger partial charge in [0.2, 0.25) is 0 Å². The SMILES string of the molecule is Cc1ccc(-n2c(C)cc(C)c(C(N)=O)c2=O)cc1. The van der Waals surface area contributed by atoms with Crippen LogP contribution in [0.15, 0.2) is 35.1 Å². The molecule has 4 nitrogen and oxygen atoms in total. The molecule has 1 aromatic heterocycles. The lowest BCUT2D eigenvalue weighted by atomic mass is 10.1. The number of rotatable bonds is 2. The lowest BCUT2D eigenvalue weighted by molar-refractivity contribution is 0.0998. The maximum Gasteiger partial charge on any atom is 0.268 e. The normalized spacial score (nSPS) is 10.5. The van der Waals surface area contributed by atoms with Crippen LogP contribution in [0.4, 0.5) is 0 Å². The molecule has 4 heteroatoms. The molecule has 0 radical (unpaired) electrons. The monoisotopic (exact) mass is 256 g/mol. The van der Waals surface area contributed by atoms with E-state index in [1.54, 1.807) is 13.0 Å². The van der Waals surface area contributed by atoms with Crippen LogP contribution < -0.4 is 11.3 Å². The molecule has 0 aliphatic carbocycles. The molecule has 2 aromatic rings. The molecule has 0 atom stereocenters. The van der Waals surface area contributed by atoms with Crippen molar-refractivity contribution in [2.75, 3.05) is 0 Å². The van der Waals surface area contributed by atoms with Crippen LogP contribution >= 0.6 is 0 Å². The molecule has 1 amide bonds. The van der Waals surface area contributed by atoms with Crippen LogP contribution in [-0.2, 0) is 0 Å². The molecule has 2 rings (SSSR count). The maximum atomic E-state index is 12.4. The molecule has 0 unspecified atom stereocenters. The summed E-state index contributed by atoms with van der Waals surface area (Å²) in [5.74, 6) is -0.691. The molecule has 2 N–H and O–H groups in total. The van der Waals surface area contributed by atoms with Gasteiger partial charge in [0.1, 0.15) is 5.56 Å². The lowest BCUT2D eigenvalue weighted by Gasteiger charge is -2.13. The van der Waals surface area contributed by atoms with Gasteiger partial charge in [-0.3, -0.25) is 14.2 Å². The van der Waals surface area contributed by atoms with Gasteiger partial charge in [0.15, 0.2) is 0 Å². The fourth-order valence-corrected chi connectivity index (χ4v) is 2.21. The number of nitrogens with two attached hydrogens (primary N) is 1. The summed E-state index contributed by atoms with van der Waals surface area (Å²) in [6.45, 7) is 5.52. The van der Waals surface area contributed by atoms with E-state index in [1.807, 2.05) is 38.1 Å². The first-order valence-corrected chi connectivity index (χ1v) is 6.02. The van der Waals surface area contributed by atoms with Gasteiger partial charge in [0.05, 0.1) is 0 Å². The number of amides is 1. The number of aromatic nitrogens is 1. The van der Waals surface area contributed by atoms with Gasteiger partial charge >= 0.3 is 0 Å². The largest absolute Gasteiger partial charge is 0.365 e. The summed E-state index contributed by atoms with van der Waals surface area (Å²) in [5, 5.41) is 0. The Hall–Kier alpha value is -2.36. The highest BCUT2D eigenvalue weighted by atomic mass is 16.2. The summed E-state index contributed by atoms with van der Waals surface area (Å²) >= 11 is 0. The summed E-state index contributed by atoms with van der Waals surface area (Å²) in [4.78, 5) is 23.8. The van der Waals surface area contributed by atoms with Crippen molar-refractivity contribution in [2.45, 2.75) is 20.8 Å². The van der Waals surface area contributed by atoms with E-state index < -0.39 is 5.91 Å². The molecule has 98 valence electrons. The molecule has 0 aliphatic heterocycles. The third-order valence-corrected chi connectivity index (χ3v) is 3.13. The quantitative estimate of drug-likeness (QED) is 0.891. The van der Waals surface area contributed by atoms with E-state index in [0.29, 0.717) is 5.56 Å². The van der Waals surface area contributed by atoms with Crippen LogP contribution in [0.3, 0.4) is 0 Å². The first-order valence-electron chi connectivity index (χ1n) is 6.02. The Balaban J connectivity index is 2.77. The summed E-state index contributed by atoms with van der Waals surface area (Å²) in [7, 11) is 0. The first kappa shape index (κ1) is 13.1. The topological polar surface area (TPSA) is 65.1 Å². The minimum absolute atomic E-state index is 0.0474. The van der Waals surface area contributed by atoms with Gasteiger partial charge in [-0.15, -0.1) is 0 Å². The van der Waals surface area contributed by atoms with Crippen molar-refractivity contribution in [3.63, 3.8) is 0 Å². The minimum atomic E-state index is -0.691. The van der Waals surface area contributed by atoms with Crippen LogP contribution in [0.1, 0.15) is 27.2 Å². The second-order valence-electron chi connectivity index (χ2n) is 4.68. The number of aryl methyl sites for hydroxylation is 3. The highest BCUT2D eigenvalue weighted by molar-refractivity contribution is 5.94. The van der Waals surface area contributed by atoms with Crippen molar-refractivity contribution in [1.29, 1.82) is 0 Å². The Labute approximate surface area is 111 Å². The highest BCUT2D eigenvalue weighted by Crippen LogP contribution is 2.13. The zero-order chi connectivity index (χ0) is 14.2. The number of carbonyl (C=O) groups excluding carboxylic acids is 1. The molecule has 0 saturated carbocycles. The molecular formula is C15H16N2O2. The molecule has 1 aromatic carbocycles. The number of carbonyl (C=O) groups is 1. The fraction of sp³-hybridized carbons (Fsp3) is 0.200. The Kier molecular flexibility index (Phi) is 3.25. The number of hydrogen-bond donors (Lipinski definition) is 1. The summed E-state index contributed by atoms with van der Waals surface area (Å²) in [6.07, 6.45) is 0. The van der Waals surface area contributed by atoms with Gasteiger partial charge in [0, 0.05) is 11.4 Å². The van der Waals surface area contributed by atoms with Crippen LogP contribution in [0.5, 0.6) is 0 Å². The van der Waals surface area contributed by atoms with E-state index >= 15 is 0 Å². The number of nitrogens with zero attached hydrogens (tertiary/aromatic N) is 1. The van der Waals surface area contributed by atoms with E-state index in [1.165, 1.54) is 4.57 Å². The molecule has 0 saturated heterocycles. The molecule has 0 bridgehead atoms. The van der Waals surface area contributed by atoms with Crippen LogP contribution in [0, 0.1) is 20.8 Å². The summed E-state index contributed by atoms with van der Waals surface area (Å²) in [6, 6.07) is 9.34. The zero-order valence-electron chi connectivity index (χ0n) is 11.2. The third kappa shape index (κ3) is 2.29. The highest BCUT2D eigenvalue weighted by Gasteiger charge is 2.15. The Morgan fingerprint density at radius 2 is 1.68 bits per heavy atom. The maximum absolute atomic E-state index is 12.4. The first-order chi connectivity index (χ1) is 8.91. The average Bonchev–Trinajstić information content (AvgIpc) is 2.30. The lowest BCUT2D eigenvalue weighted by Crippen LogP contribution is -2.31. The second kappa shape index (κ2) is 4.72. The zero-order valence-corrected chi connectivity index (χ0v) is 11.2. The van der Waals surface area contributed by atoms with Gasteiger partial charge in [-0.25, -0.2) is 0 Å². The average molecular weight is 256 g/mol. The van der Waals surface area contributed by atoms with E-state index in [4.69, 9.17) is 5.73 Å². The number of pyridine rings is 1.